The van der Waals surface area contributed by atoms with Gasteiger partial charge in [0.2, 0.25) is 0 Å². The fourth-order valence-corrected chi connectivity index (χ4v) is 1.68. The quantitative estimate of drug-likeness (QED) is 0.789. The number of carbonyl (C=O) groups is 2. The number of nitrogens with zero attached hydrogens (tertiary/aromatic N) is 2. The van der Waals surface area contributed by atoms with Crippen LogP contribution in [0.15, 0.2) is 24.8 Å². The molecule has 0 aliphatic carbocycles. The third-order valence-electron chi connectivity index (χ3n) is 3.13. The molecule has 0 aliphatic rings. The van der Waals surface area contributed by atoms with Crippen molar-refractivity contribution < 1.29 is 14.7 Å². The number of carboxylic acids is 1. The van der Waals surface area contributed by atoms with Crippen LogP contribution in [0.3, 0.4) is 0 Å². The Labute approximate surface area is 115 Å². The first-order valence-electron chi connectivity index (χ1n) is 6.05. The fraction of sp³-hybridized carbons (Fsp3) is 0.308. The second kappa shape index (κ2) is 4.84. The van der Waals surface area contributed by atoms with E-state index in [0.717, 1.165) is 5.56 Å². The number of nitrogens with one attached hydrogen (secondary N) is 2. The zero-order valence-corrected chi connectivity index (χ0v) is 11.5. The summed E-state index contributed by atoms with van der Waals surface area (Å²) >= 11 is 0. The van der Waals surface area contributed by atoms with Gasteiger partial charge in [0, 0.05) is 18.6 Å². The minimum Gasteiger partial charge on any atom is -0.479 e. The highest BCUT2D eigenvalue weighted by molar-refractivity contribution is 6.05. The van der Waals surface area contributed by atoms with Gasteiger partial charge in [-0.3, -0.25) is 9.48 Å². The number of amides is 1. The van der Waals surface area contributed by atoms with Crippen molar-refractivity contribution in [2.24, 2.45) is 0 Å². The van der Waals surface area contributed by atoms with Crippen LogP contribution in [-0.4, -0.2) is 31.7 Å². The minimum absolute atomic E-state index is 0.267. The maximum absolute atomic E-state index is 12.0. The predicted octanol–water partition coefficient (Wildman–Crippen LogP) is 1.59. The third kappa shape index (κ3) is 2.42. The molecule has 7 heteroatoms. The molecule has 0 saturated heterocycles. The van der Waals surface area contributed by atoms with Crippen LogP contribution in [0.25, 0.3) is 0 Å². The van der Waals surface area contributed by atoms with Crippen molar-refractivity contribution in [2.45, 2.75) is 26.3 Å². The Kier molecular flexibility index (Phi) is 3.35. The summed E-state index contributed by atoms with van der Waals surface area (Å²) in [5.74, 6) is -1.27. The zero-order valence-electron chi connectivity index (χ0n) is 11.5. The van der Waals surface area contributed by atoms with Gasteiger partial charge < -0.3 is 15.4 Å². The molecule has 0 radical (unpaired) electrons. The summed E-state index contributed by atoms with van der Waals surface area (Å²) in [6.45, 7) is 4.89. The van der Waals surface area contributed by atoms with Gasteiger partial charge in [-0.05, 0) is 26.3 Å². The lowest BCUT2D eigenvalue weighted by Gasteiger charge is -2.19. The lowest BCUT2D eigenvalue weighted by molar-refractivity contribution is -0.146. The molecule has 0 fully saturated rings. The number of hydrogen-bond donors (Lipinski definition) is 3. The van der Waals surface area contributed by atoms with E-state index in [2.05, 4.69) is 15.4 Å². The van der Waals surface area contributed by atoms with Gasteiger partial charge in [-0.25, -0.2) is 4.79 Å². The van der Waals surface area contributed by atoms with E-state index in [1.165, 1.54) is 30.9 Å². The number of H-pyrrole nitrogens is 1. The molecule has 0 aliphatic heterocycles. The van der Waals surface area contributed by atoms with Gasteiger partial charge in [-0.1, -0.05) is 0 Å². The topological polar surface area (TPSA) is 100 Å². The highest BCUT2D eigenvalue weighted by Gasteiger charge is 2.30. The largest absolute Gasteiger partial charge is 0.479 e. The monoisotopic (exact) mass is 276 g/mol. The van der Waals surface area contributed by atoms with Gasteiger partial charge in [-0.15, -0.1) is 0 Å². The van der Waals surface area contributed by atoms with Crippen LogP contribution >= 0.6 is 0 Å². The molecule has 2 heterocycles. The summed E-state index contributed by atoms with van der Waals surface area (Å²) in [7, 11) is 0. The molecule has 2 rings (SSSR count). The number of aryl methyl sites for hydroxylation is 1. The Hall–Kier alpha value is -2.57. The highest BCUT2D eigenvalue weighted by atomic mass is 16.4. The smallest absolute Gasteiger partial charge is 0.331 e. The first-order chi connectivity index (χ1) is 9.32. The standard InChI is InChI=1S/C13H16N4O3/c1-8-4-14-6-10(8)11(18)16-9-5-15-17(7-9)13(2,3)12(19)20/h4-7,14H,1-3H3,(H,16,18)(H,19,20). The van der Waals surface area contributed by atoms with Gasteiger partial charge >= 0.3 is 5.97 Å². The summed E-state index contributed by atoms with van der Waals surface area (Å²) in [5.41, 5.74) is 0.647. The number of aromatic nitrogens is 3. The normalized spacial score (nSPS) is 11.3. The van der Waals surface area contributed by atoms with Gasteiger partial charge in [0.05, 0.1) is 17.4 Å². The molecule has 0 unspecified atom stereocenters. The summed E-state index contributed by atoms with van der Waals surface area (Å²) in [4.78, 5) is 26.0. The Morgan fingerprint density at radius 1 is 1.40 bits per heavy atom. The van der Waals surface area contributed by atoms with Crippen molar-refractivity contribution in [3.8, 4) is 0 Å². The van der Waals surface area contributed by atoms with E-state index in [1.54, 1.807) is 12.4 Å². The van der Waals surface area contributed by atoms with E-state index in [1.807, 2.05) is 6.92 Å². The van der Waals surface area contributed by atoms with Crippen molar-refractivity contribution in [1.29, 1.82) is 0 Å². The van der Waals surface area contributed by atoms with E-state index >= 15 is 0 Å². The second-order valence-corrected chi connectivity index (χ2v) is 5.04. The average molecular weight is 276 g/mol. The maximum atomic E-state index is 12.0. The van der Waals surface area contributed by atoms with Crippen LogP contribution in [0.1, 0.15) is 29.8 Å². The van der Waals surface area contributed by atoms with E-state index < -0.39 is 11.5 Å². The van der Waals surface area contributed by atoms with Gasteiger partial charge in [-0.2, -0.15) is 5.10 Å². The van der Waals surface area contributed by atoms with Crippen LogP contribution in [0.5, 0.6) is 0 Å². The predicted molar refractivity (Wildman–Crippen MR) is 72.7 cm³/mol. The van der Waals surface area contributed by atoms with Crippen molar-refractivity contribution in [3.05, 3.63) is 35.9 Å². The molecule has 0 atom stereocenters. The Morgan fingerprint density at radius 3 is 2.65 bits per heavy atom. The number of carboxylic acid groups (broad SMARTS) is 1. The van der Waals surface area contributed by atoms with E-state index in [-0.39, 0.29) is 5.91 Å². The molecule has 0 spiro atoms. The Morgan fingerprint density at radius 2 is 2.10 bits per heavy atom. The number of carbonyl (C=O) groups excluding carboxylic acids is 1. The molecular formula is C13H16N4O3. The van der Waals surface area contributed by atoms with Gasteiger partial charge in [0.25, 0.3) is 5.91 Å². The Bertz CT molecular complexity index is 654. The van der Waals surface area contributed by atoms with Crippen molar-refractivity contribution in [2.75, 3.05) is 5.32 Å². The number of anilines is 1. The molecule has 106 valence electrons. The molecule has 0 bridgehead atoms. The van der Waals surface area contributed by atoms with Crippen LogP contribution in [0.4, 0.5) is 5.69 Å². The van der Waals surface area contributed by atoms with E-state index in [0.29, 0.717) is 11.3 Å². The lowest BCUT2D eigenvalue weighted by Crippen LogP contribution is -2.35. The fourth-order valence-electron chi connectivity index (χ4n) is 1.68. The Balaban J connectivity index is 2.17. The lowest BCUT2D eigenvalue weighted by atomic mass is 10.1. The van der Waals surface area contributed by atoms with Gasteiger partial charge in [0.1, 0.15) is 0 Å². The summed E-state index contributed by atoms with van der Waals surface area (Å²) in [6, 6.07) is 0. The van der Waals surface area contributed by atoms with Gasteiger partial charge in [0.15, 0.2) is 5.54 Å². The minimum atomic E-state index is -1.17. The van der Waals surface area contributed by atoms with Crippen LogP contribution in [0, 0.1) is 6.92 Å². The summed E-state index contributed by atoms with van der Waals surface area (Å²) in [6.07, 6.45) is 6.25. The number of aliphatic carboxylic acids is 1. The SMILES string of the molecule is Cc1c[nH]cc1C(=O)Nc1cnn(C(C)(C)C(=O)O)c1. The summed E-state index contributed by atoms with van der Waals surface area (Å²) in [5, 5.41) is 15.8. The molecule has 7 nitrogen and oxygen atoms in total. The first kappa shape index (κ1) is 13.9. The van der Waals surface area contributed by atoms with E-state index in [9.17, 15) is 9.59 Å². The molecule has 2 aromatic heterocycles. The highest BCUT2D eigenvalue weighted by Crippen LogP contribution is 2.18. The van der Waals surface area contributed by atoms with Crippen LogP contribution < -0.4 is 5.32 Å². The molecule has 3 N–H and O–H groups in total. The molecule has 1 amide bonds. The number of hydrogen-bond acceptors (Lipinski definition) is 3. The first-order valence-corrected chi connectivity index (χ1v) is 6.05. The number of aromatic amines is 1. The van der Waals surface area contributed by atoms with Crippen molar-refractivity contribution >= 4 is 17.6 Å². The van der Waals surface area contributed by atoms with Crippen LogP contribution in [-0.2, 0) is 10.3 Å². The third-order valence-corrected chi connectivity index (χ3v) is 3.13. The zero-order chi connectivity index (χ0) is 14.9. The van der Waals surface area contributed by atoms with Crippen molar-refractivity contribution in [3.63, 3.8) is 0 Å². The summed E-state index contributed by atoms with van der Waals surface area (Å²) < 4.78 is 1.30. The maximum Gasteiger partial charge on any atom is 0.331 e. The molecular weight excluding hydrogens is 260 g/mol. The van der Waals surface area contributed by atoms with Crippen LogP contribution in [0.2, 0.25) is 0 Å². The van der Waals surface area contributed by atoms with E-state index in [4.69, 9.17) is 5.11 Å². The number of rotatable bonds is 4. The second-order valence-electron chi connectivity index (χ2n) is 5.04. The molecule has 0 saturated carbocycles. The molecule has 2 aromatic rings. The van der Waals surface area contributed by atoms with Crippen molar-refractivity contribution in [1.82, 2.24) is 14.8 Å². The average Bonchev–Trinajstić information content (AvgIpc) is 2.97. The molecule has 20 heavy (non-hydrogen) atoms. The molecule has 0 aromatic carbocycles.